The maximum atomic E-state index is 12.4. The molecule has 0 bridgehead atoms. The number of hydrogen-bond acceptors (Lipinski definition) is 4. The molecule has 0 aliphatic rings. The highest BCUT2D eigenvalue weighted by Gasteiger charge is 2.19. The molecule has 1 atom stereocenters. The molecule has 0 radical (unpaired) electrons. The minimum Gasteiger partial charge on any atom is -0.444 e. The predicted molar refractivity (Wildman–Crippen MR) is 127 cm³/mol. The lowest BCUT2D eigenvalue weighted by Gasteiger charge is -2.21. The van der Waals surface area contributed by atoms with E-state index in [1.165, 1.54) is 5.57 Å². The zero-order valence-electron chi connectivity index (χ0n) is 20.1. The Balaban J connectivity index is 2.66. The molecule has 0 aliphatic heterocycles. The first-order valence-electron chi connectivity index (χ1n) is 10.9. The monoisotopic (exact) mass is 443 g/mol. The van der Waals surface area contributed by atoms with Gasteiger partial charge in [-0.2, -0.15) is 0 Å². The second-order valence-corrected chi connectivity index (χ2v) is 8.94. The summed E-state index contributed by atoms with van der Waals surface area (Å²) in [5, 5.41) is 8.15. The summed E-state index contributed by atoms with van der Waals surface area (Å²) in [6, 6.07) is 8.92. The molecule has 3 amide bonds. The number of carbonyl (C=O) groups is 3. The number of nitrogens with one attached hydrogen (secondary N) is 3. The highest BCUT2D eigenvalue weighted by molar-refractivity contribution is 5.88. The average Bonchev–Trinajstić information content (AvgIpc) is 2.68. The standard InChI is InChI=1S/C25H37N3O4/c1-18(2)11-10-12-19(3)15-22(29)26-16-21(20-13-8-7-9-14-20)28-23(30)17-27-24(31)32-25(4,5)6/h7-9,11,13-15,21H,10,12,16-17H2,1-6H3,(H,26,29)(H,27,31)(H,28,30)/b19-15+/t21-/m1/s1. The molecule has 1 aromatic rings. The van der Waals surface area contributed by atoms with Crippen LogP contribution in [0, 0.1) is 0 Å². The lowest BCUT2D eigenvalue weighted by molar-refractivity contribution is -0.121. The van der Waals surface area contributed by atoms with Crippen LogP contribution in [0.3, 0.4) is 0 Å². The third kappa shape index (κ3) is 12.6. The topological polar surface area (TPSA) is 96.5 Å². The fourth-order valence-corrected chi connectivity index (χ4v) is 2.79. The Hall–Kier alpha value is -3.09. The fourth-order valence-electron chi connectivity index (χ4n) is 2.79. The molecule has 0 spiro atoms. The second kappa shape index (κ2) is 13.3. The van der Waals surface area contributed by atoms with Gasteiger partial charge in [0.25, 0.3) is 0 Å². The van der Waals surface area contributed by atoms with E-state index >= 15 is 0 Å². The maximum absolute atomic E-state index is 12.4. The number of hydrogen-bond donors (Lipinski definition) is 3. The number of ether oxygens (including phenoxy) is 1. The number of carbonyl (C=O) groups excluding carboxylic acids is 3. The summed E-state index contributed by atoms with van der Waals surface area (Å²) in [4.78, 5) is 36.5. The highest BCUT2D eigenvalue weighted by atomic mass is 16.6. The van der Waals surface area contributed by atoms with Gasteiger partial charge in [0.05, 0.1) is 6.04 Å². The first kappa shape index (κ1) is 26.9. The number of benzene rings is 1. The summed E-state index contributed by atoms with van der Waals surface area (Å²) in [6.45, 7) is 11.3. The Morgan fingerprint density at radius 1 is 1.03 bits per heavy atom. The first-order chi connectivity index (χ1) is 15.0. The highest BCUT2D eigenvalue weighted by Crippen LogP contribution is 2.12. The van der Waals surface area contributed by atoms with E-state index in [1.807, 2.05) is 51.1 Å². The molecule has 0 aliphatic carbocycles. The van der Waals surface area contributed by atoms with E-state index in [2.05, 4.69) is 22.0 Å². The minimum absolute atomic E-state index is 0.207. The summed E-state index contributed by atoms with van der Waals surface area (Å²) in [6.07, 6.45) is 4.78. The molecule has 1 aromatic carbocycles. The predicted octanol–water partition coefficient (Wildman–Crippen LogP) is 4.18. The van der Waals surface area contributed by atoms with Crippen molar-refractivity contribution in [3.8, 4) is 0 Å². The largest absolute Gasteiger partial charge is 0.444 e. The van der Waals surface area contributed by atoms with Gasteiger partial charge in [0, 0.05) is 12.6 Å². The molecule has 3 N–H and O–H groups in total. The van der Waals surface area contributed by atoms with Crippen molar-refractivity contribution in [3.05, 3.63) is 59.2 Å². The summed E-state index contributed by atoms with van der Waals surface area (Å²) >= 11 is 0. The summed E-state index contributed by atoms with van der Waals surface area (Å²) in [5.74, 6) is -0.589. The number of rotatable bonds is 10. The molecule has 7 heteroatoms. The Labute approximate surface area is 191 Å². The van der Waals surface area contributed by atoms with Gasteiger partial charge in [-0.3, -0.25) is 9.59 Å². The average molecular weight is 444 g/mol. The van der Waals surface area contributed by atoms with Crippen LogP contribution in [0.1, 0.15) is 66.0 Å². The van der Waals surface area contributed by atoms with Crippen molar-refractivity contribution >= 4 is 17.9 Å². The third-order valence-electron chi connectivity index (χ3n) is 4.28. The summed E-state index contributed by atoms with van der Waals surface area (Å²) in [5.41, 5.74) is 2.45. The van der Waals surface area contributed by atoms with Crippen molar-refractivity contribution in [2.75, 3.05) is 13.1 Å². The summed E-state index contributed by atoms with van der Waals surface area (Å²) < 4.78 is 5.14. The molecule has 0 saturated carbocycles. The van der Waals surface area contributed by atoms with E-state index < -0.39 is 17.7 Å². The normalized spacial score (nSPS) is 12.4. The third-order valence-corrected chi connectivity index (χ3v) is 4.28. The molecular formula is C25H37N3O4. The van der Waals surface area contributed by atoms with Crippen molar-refractivity contribution in [3.63, 3.8) is 0 Å². The van der Waals surface area contributed by atoms with E-state index in [4.69, 9.17) is 4.74 Å². The van der Waals surface area contributed by atoms with Crippen molar-refractivity contribution < 1.29 is 19.1 Å². The van der Waals surface area contributed by atoms with Crippen molar-refractivity contribution in [1.29, 1.82) is 0 Å². The van der Waals surface area contributed by atoms with Gasteiger partial charge in [-0.05, 0) is 59.9 Å². The SMILES string of the molecule is CC(C)=CCC/C(C)=C/C(=O)NC[C@@H](NC(=O)CNC(=O)OC(C)(C)C)c1ccccc1. The van der Waals surface area contributed by atoms with Crippen LogP contribution in [0.25, 0.3) is 0 Å². The Kier molecular flexibility index (Phi) is 11.2. The van der Waals surface area contributed by atoms with Crippen LogP contribution < -0.4 is 16.0 Å². The smallest absolute Gasteiger partial charge is 0.408 e. The van der Waals surface area contributed by atoms with Crippen LogP contribution in [0.4, 0.5) is 4.79 Å². The second-order valence-electron chi connectivity index (χ2n) is 8.94. The number of alkyl carbamates (subject to hydrolysis) is 1. The Morgan fingerprint density at radius 2 is 1.69 bits per heavy atom. The van der Waals surface area contributed by atoms with Gasteiger partial charge in [-0.15, -0.1) is 0 Å². The zero-order valence-corrected chi connectivity index (χ0v) is 20.1. The van der Waals surface area contributed by atoms with Gasteiger partial charge in [0.15, 0.2) is 0 Å². The van der Waals surface area contributed by atoms with Crippen LogP contribution in [-0.2, 0) is 14.3 Å². The Morgan fingerprint density at radius 3 is 2.28 bits per heavy atom. The van der Waals surface area contributed by atoms with E-state index in [9.17, 15) is 14.4 Å². The minimum atomic E-state index is -0.661. The summed E-state index contributed by atoms with van der Waals surface area (Å²) in [7, 11) is 0. The van der Waals surface area contributed by atoms with Crippen molar-refractivity contribution in [2.45, 2.75) is 66.0 Å². The first-order valence-corrected chi connectivity index (χ1v) is 10.9. The molecule has 0 aromatic heterocycles. The van der Waals surface area contributed by atoms with Gasteiger partial charge in [0.2, 0.25) is 11.8 Å². The molecule has 1 rings (SSSR count). The van der Waals surface area contributed by atoms with Gasteiger partial charge in [-0.1, -0.05) is 47.6 Å². The van der Waals surface area contributed by atoms with Crippen LogP contribution in [0.2, 0.25) is 0 Å². The van der Waals surface area contributed by atoms with Gasteiger partial charge in [-0.25, -0.2) is 4.79 Å². The van der Waals surface area contributed by atoms with E-state index in [1.54, 1.807) is 26.8 Å². The fraction of sp³-hybridized carbons (Fsp3) is 0.480. The molecular weight excluding hydrogens is 406 g/mol. The molecule has 7 nitrogen and oxygen atoms in total. The zero-order chi connectivity index (χ0) is 24.1. The van der Waals surface area contributed by atoms with E-state index in [0.717, 1.165) is 24.0 Å². The van der Waals surface area contributed by atoms with Crippen molar-refractivity contribution in [2.24, 2.45) is 0 Å². The van der Waals surface area contributed by atoms with E-state index in [-0.39, 0.29) is 24.9 Å². The van der Waals surface area contributed by atoms with E-state index in [0.29, 0.717) is 0 Å². The van der Waals surface area contributed by atoms with Crippen LogP contribution >= 0.6 is 0 Å². The molecule has 176 valence electrons. The molecule has 32 heavy (non-hydrogen) atoms. The molecule has 0 unspecified atom stereocenters. The lowest BCUT2D eigenvalue weighted by Crippen LogP contribution is -2.43. The van der Waals surface area contributed by atoms with Gasteiger partial charge >= 0.3 is 6.09 Å². The lowest BCUT2D eigenvalue weighted by atomic mass is 10.1. The van der Waals surface area contributed by atoms with Crippen molar-refractivity contribution in [1.82, 2.24) is 16.0 Å². The Bertz CT molecular complexity index is 819. The van der Waals surface area contributed by atoms with Crippen LogP contribution in [-0.4, -0.2) is 36.6 Å². The number of amides is 3. The number of allylic oxidation sites excluding steroid dienone is 3. The molecule has 0 heterocycles. The quantitative estimate of drug-likeness (QED) is 0.373. The van der Waals surface area contributed by atoms with Crippen LogP contribution in [0.5, 0.6) is 0 Å². The van der Waals surface area contributed by atoms with Gasteiger partial charge < -0.3 is 20.7 Å². The van der Waals surface area contributed by atoms with Gasteiger partial charge in [0.1, 0.15) is 12.1 Å². The molecule has 0 fully saturated rings. The maximum Gasteiger partial charge on any atom is 0.408 e. The van der Waals surface area contributed by atoms with Crippen LogP contribution in [0.15, 0.2) is 53.6 Å². The molecule has 0 saturated heterocycles.